The van der Waals surface area contributed by atoms with Crippen LogP contribution in [0.1, 0.15) is 18.4 Å². The first-order valence-corrected chi connectivity index (χ1v) is 14.7. The lowest BCUT2D eigenvalue weighted by atomic mass is 10.0. The van der Waals surface area contributed by atoms with Crippen molar-refractivity contribution in [1.82, 2.24) is 14.6 Å². The van der Waals surface area contributed by atoms with Crippen LogP contribution in [-0.2, 0) is 25.5 Å². The molecule has 3 fully saturated rings. The van der Waals surface area contributed by atoms with E-state index < -0.39 is 22.0 Å². The second kappa shape index (κ2) is 10.1. The fraction of sp³-hybridized carbons (Fsp3) is 0.520. The highest BCUT2D eigenvalue weighted by Crippen LogP contribution is 2.41. The molecule has 0 bridgehead atoms. The zero-order chi connectivity index (χ0) is 27.4. The van der Waals surface area contributed by atoms with Gasteiger partial charge in [0.1, 0.15) is 29.4 Å². The highest BCUT2D eigenvalue weighted by Gasteiger charge is 2.44. The van der Waals surface area contributed by atoms with Crippen molar-refractivity contribution in [2.45, 2.75) is 35.8 Å². The summed E-state index contributed by atoms with van der Waals surface area (Å²) < 4.78 is 69.7. The number of piperazine rings is 1. The van der Waals surface area contributed by atoms with Gasteiger partial charge in [-0.2, -0.15) is 13.1 Å². The molecule has 4 aliphatic heterocycles. The fourth-order valence-electron chi connectivity index (χ4n) is 5.52. The minimum atomic E-state index is -3.86. The number of halogens is 3. The summed E-state index contributed by atoms with van der Waals surface area (Å²) >= 11 is 6.13. The molecule has 0 saturated carbocycles. The maximum atomic E-state index is 15.2. The molecule has 10 nitrogen and oxygen atoms in total. The molecule has 2 aromatic rings. The first kappa shape index (κ1) is 26.6. The Balaban J connectivity index is 1.17. The van der Waals surface area contributed by atoms with Crippen molar-refractivity contribution in [2.24, 2.45) is 0 Å². The number of pyridine rings is 1. The van der Waals surface area contributed by atoms with Gasteiger partial charge in [0.25, 0.3) is 5.92 Å². The van der Waals surface area contributed by atoms with Gasteiger partial charge in [-0.15, -0.1) is 0 Å². The van der Waals surface area contributed by atoms with Gasteiger partial charge in [0, 0.05) is 57.3 Å². The van der Waals surface area contributed by atoms with Crippen LogP contribution in [0.25, 0.3) is 0 Å². The van der Waals surface area contributed by atoms with Crippen LogP contribution >= 0.6 is 11.6 Å². The first-order chi connectivity index (χ1) is 18.6. The predicted molar refractivity (Wildman–Crippen MR) is 139 cm³/mol. The Bertz CT molecular complexity index is 1380. The number of alkyl halides is 2. The summed E-state index contributed by atoms with van der Waals surface area (Å²) in [6, 6.07) is 6.99. The lowest BCUT2D eigenvalue weighted by Crippen LogP contribution is -2.49. The van der Waals surface area contributed by atoms with Crippen LogP contribution in [-0.4, -0.2) is 88.2 Å². The second-order valence-electron chi connectivity index (χ2n) is 10.0. The molecule has 39 heavy (non-hydrogen) atoms. The molecule has 6 rings (SSSR count). The zero-order valence-electron chi connectivity index (χ0n) is 21.0. The summed E-state index contributed by atoms with van der Waals surface area (Å²) in [5.74, 6) is -2.65. The van der Waals surface area contributed by atoms with E-state index in [4.69, 9.17) is 21.1 Å². The third kappa shape index (κ3) is 4.84. The normalized spacial score (nSPS) is 24.3. The lowest BCUT2D eigenvalue weighted by molar-refractivity contribution is -0.151. The number of nitrogens with one attached hydrogen (secondary N) is 1. The van der Waals surface area contributed by atoms with E-state index in [0.29, 0.717) is 31.0 Å². The van der Waals surface area contributed by atoms with E-state index in [9.17, 15) is 13.2 Å². The molecule has 1 amide bonds. The minimum Gasteiger partial charge on any atom is -0.489 e. The average molecular weight is 584 g/mol. The quantitative estimate of drug-likeness (QED) is 0.535. The Morgan fingerprint density at radius 1 is 1.13 bits per heavy atom. The molecule has 1 aromatic heterocycles. The Hall–Kier alpha value is -2.58. The van der Waals surface area contributed by atoms with Gasteiger partial charge in [-0.05, 0) is 30.7 Å². The molecule has 1 aromatic carbocycles. The number of rotatable bonds is 5. The molecule has 14 heteroatoms. The van der Waals surface area contributed by atoms with Gasteiger partial charge in [-0.1, -0.05) is 11.6 Å². The SMILES string of the molecule is O=C1CCC2COc3cc(S(=O)(=O)N4CCN(c5cc(C(F)(F)[C@H]6CNCCO6)cc(Cl)n5)CC4)ccc3N12. The summed E-state index contributed by atoms with van der Waals surface area (Å²) in [5.41, 5.74) is 0.292. The topological polar surface area (TPSA) is 104 Å². The number of aromatic nitrogens is 1. The number of hydrogen-bond donors (Lipinski definition) is 1. The van der Waals surface area contributed by atoms with Gasteiger partial charge in [-0.25, -0.2) is 13.4 Å². The molecule has 1 N–H and O–H groups in total. The molecule has 5 heterocycles. The van der Waals surface area contributed by atoms with E-state index in [0.717, 1.165) is 12.5 Å². The summed E-state index contributed by atoms with van der Waals surface area (Å²) in [4.78, 5) is 20.0. The van der Waals surface area contributed by atoms with Crippen LogP contribution in [0.15, 0.2) is 35.2 Å². The number of nitrogens with zero attached hydrogens (tertiary/aromatic N) is 4. The van der Waals surface area contributed by atoms with Crippen molar-refractivity contribution in [3.05, 3.63) is 41.0 Å². The number of ether oxygens (including phenoxy) is 2. The molecule has 4 aliphatic rings. The first-order valence-electron chi connectivity index (χ1n) is 12.9. The largest absolute Gasteiger partial charge is 0.489 e. The highest BCUT2D eigenvalue weighted by atomic mass is 35.5. The van der Waals surface area contributed by atoms with Crippen LogP contribution in [0.5, 0.6) is 5.75 Å². The number of carbonyl (C=O) groups excluding carboxylic acids is 1. The fourth-order valence-corrected chi connectivity index (χ4v) is 7.16. The number of hydrogen-bond acceptors (Lipinski definition) is 8. The summed E-state index contributed by atoms with van der Waals surface area (Å²) in [5, 5.41) is 2.84. The molecule has 0 aliphatic carbocycles. The van der Waals surface area contributed by atoms with E-state index >= 15 is 8.78 Å². The number of anilines is 2. The molecule has 2 atom stereocenters. The van der Waals surface area contributed by atoms with Crippen molar-refractivity contribution in [3.8, 4) is 5.75 Å². The predicted octanol–water partition coefficient (Wildman–Crippen LogP) is 2.21. The van der Waals surface area contributed by atoms with E-state index in [-0.39, 0.29) is 72.7 Å². The van der Waals surface area contributed by atoms with Crippen LogP contribution in [0.2, 0.25) is 5.15 Å². The molecule has 210 valence electrons. The van der Waals surface area contributed by atoms with E-state index in [1.165, 1.54) is 22.5 Å². The highest BCUT2D eigenvalue weighted by molar-refractivity contribution is 7.89. The van der Waals surface area contributed by atoms with Crippen molar-refractivity contribution in [1.29, 1.82) is 0 Å². The van der Waals surface area contributed by atoms with Crippen molar-refractivity contribution in [2.75, 3.05) is 62.3 Å². The molecule has 0 spiro atoms. The van der Waals surface area contributed by atoms with Gasteiger partial charge >= 0.3 is 0 Å². The Labute approximate surface area is 229 Å². The Kier molecular flexibility index (Phi) is 6.91. The van der Waals surface area contributed by atoms with Crippen LogP contribution < -0.4 is 19.9 Å². The van der Waals surface area contributed by atoms with E-state index in [2.05, 4.69) is 10.3 Å². The summed E-state index contributed by atoms with van der Waals surface area (Å²) in [6.07, 6.45) is -0.159. The van der Waals surface area contributed by atoms with Crippen LogP contribution in [0.3, 0.4) is 0 Å². The monoisotopic (exact) mass is 583 g/mol. The third-order valence-electron chi connectivity index (χ3n) is 7.65. The average Bonchev–Trinajstić information content (AvgIpc) is 3.34. The van der Waals surface area contributed by atoms with E-state index in [1.54, 1.807) is 15.9 Å². The number of sulfonamides is 1. The van der Waals surface area contributed by atoms with Crippen molar-refractivity contribution >= 4 is 39.0 Å². The summed E-state index contributed by atoms with van der Waals surface area (Å²) in [7, 11) is -3.86. The number of carbonyl (C=O) groups is 1. The number of benzene rings is 1. The van der Waals surface area contributed by atoms with Crippen LogP contribution in [0, 0.1) is 0 Å². The van der Waals surface area contributed by atoms with Gasteiger partial charge < -0.3 is 24.6 Å². The number of morpholine rings is 1. The van der Waals surface area contributed by atoms with Crippen molar-refractivity contribution in [3.63, 3.8) is 0 Å². The maximum Gasteiger partial charge on any atom is 0.300 e. The Morgan fingerprint density at radius 3 is 2.67 bits per heavy atom. The molecule has 3 saturated heterocycles. The van der Waals surface area contributed by atoms with Gasteiger partial charge in [0.15, 0.2) is 0 Å². The van der Waals surface area contributed by atoms with E-state index in [1.807, 2.05) is 0 Å². The standard InChI is InChI=1S/C25H28ClF2N5O5S/c26-22-11-16(25(27,28)21-14-29-5-10-37-21)12-23(30-22)31-6-8-32(9-7-31)39(35,36)18-2-3-19-20(13-18)38-15-17-1-4-24(34)33(17)19/h2-3,11-13,17,21,29H,1,4-10,14-15H2/t17?,21-/m1/s1. The smallest absolute Gasteiger partial charge is 0.300 e. The molecule has 1 unspecified atom stereocenters. The zero-order valence-corrected chi connectivity index (χ0v) is 22.6. The number of amides is 1. The van der Waals surface area contributed by atoms with Gasteiger partial charge in [-0.3, -0.25) is 4.79 Å². The maximum absolute atomic E-state index is 15.2. The number of fused-ring (bicyclic) bond motifs is 3. The second-order valence-corrected chi connectivity index (χ2v) is 12.3. The molecule has 0 radical (unpaired) electrons. The summed E-state index contributed by atoms with van der Waals surface area (Å²) in [6.45, 7) is 1.79. The van der Waals surface area contributed by atoms with Crippen molar-refractivity contribution < 1.29 is 31.5 Å². The lowest BCUT2D eigenvalue weighted by Gasteiger charge is -2.36. The van der Waals surface area contributed by atoms with Crippen LogP contribution in [0.4, 0.5) is 20.3 Å². The molecular formula is C25H28ClF2N5O5S. The minimum absolute atomic E-state index is 0.00903. The van der Waals surface area contributed by atoms with Gasteiger partial charge in [0.2, 0.25) is 15.9 Å². The molecular weight excluding hydrogens is 556 g/mol. The third-order valence-corrected chi connectivity index (χ3v) is 9.73. The Morgan fingerprint density at radius 2 is 1.92 bits per heavy atom. The van der Waals surface area contributed by atoms with Gasteiger partial charge in [0.05, 0.1) is 23.2 Å².